The molecule has 1 aromatic heterocycles. The number of hydrogen-bond acceptors (Lipinski definition) is 2. The summed E-state index contributed by atoms with van der Waals surface area (Å²) in [6, 6.07) is 6.18. The third-order valence-corrected chi connectivity index (χ3v) is 6.49. The fourth-order valence-corrected chi connectivity index (χ4v) is 4.92. The number of aromatic nitrogens is 1. The van der Waals surface area contributed by atoms with Gasteiger partial charge in [0, 0.05) is 23.5 Å². The molecule has 29 heavy (non-hydrogen) atoms. The summed E-state index contributed by atoms with van der Waals surface area (Å²) in [4.78, 5) is 12.5. The van der Waals surface area contributed by atoms with Gasteiger partial charge in [-0.2, -0.15) is 0 Å². The summed E-state index contributed by atoms with van der Waals surface area (Å²) in [5.74, 6) is 1.23. The quantitative estimate of drug-likeness (QED) is 0.613. The van der Waals surface area contributed by atoms with Crippen molar-refractivity contribution in [2.24, 2.45) is 11.7 Å². The molecule has 0 aliphatic heterocycles. The largest absolute Gasteiger partial charge is 0.496 e. The van der Waals surface area contributed by atoms with Gasteiger partial charge in [0.25, 0.3) is 5.91 Å². The Labute approximate surface area is 175 Å². The Morgan fingerprint density at radius 3 is 2.52 bits per heavy atom. The summed E-state index contributed by atoms with van der Waals surface area (Å²) >= 11 is 0. The van der Waals surface area contributed by atoms with Gasteiger partial charge in [0.2, 0.25) is 0 Å². The van der Waals surface area contributed by atoms with Crippen LogP contribution in [0.4, 0.5) is 0 Å². The van der Waals surface area contributed by atoms with Crippen LogP contribution in [0.3, 0.4) is 0 Å². The van der Waals surface area contributed by atoms with Crippen molar-refractivity contribution in [3.8, 4) is 16.9 Å². The molecular formula is C25H36N2O2. The minimum atomic E-state index is -0.328. The van der Waals surface area contributed by atoms with Gasteiger partial charge in [-0.15, -0.1) is 0 Å². The number of ether oxygens (including phenoxy) is 1. The van der Waals surface area contributed by atoms with Gasteiger partial charge in [-0.25, -0.2) is 0 Å². The van der Waals surface area contributed by atoms with E-state index in [1.165, 1.54) is 37.8 Å². The summed E-state index contributed by atoms with van der Waals surface area (Å²) in [6.45, 7) is 7.33. The number of primary amides is 1. The van der Waals surface area contributed by atoms with Crippen molar-refractivity contribution in [3.63, 3.8) is 0 Å². The number of amides is 1. The van der Waals surface area contributed by atoms with Crippen LogP contribution in [0.15, 0.2) is 18.2 Å². The van der Waals surface area contributed by atoms with E-state index in [4.69, 9.17) is 10.5 Å². The molecule has 2 N–H and O–H groups in total. The number of carbonyl (C=O) groups is 1. The zero-order valence-electron chi connectivity index (χ0n) is 18.5. The summed E-state index contributed by atoms with van der Waals surface area (Å²) in [5.41, 5.74) is 12.1. The number of hydrogen-bond donors (Lipinski definition) is 1. The highest BCUT2D eigenvalue weighted by Crippen LogP contribution is 2.37. The molecule has 0 radical (unpaired) electrons. The van der Waals surface area contributed by atoms with Crippen LogP contribution in [0.1, 0.15) is 79.2 Å². The van der Waals surface area contributed by atoms with E-state index in [1.807, 2.05) is 13.0 Å². The van der Waals surface area contributed by atoms with Crippen molar-refractivity contribution >= 4 is 5.91 Å². The highest BCUT2D eigenvalue weighted by molar-refractivity contribution is 6.02. The van der Waals surface area contributed by atoms with E-state index >= 15 is 0 Å². The predicted octanol–water partition coefficient (Wildman–Crippen LogP) is 5.80. The molecule has 1 fully saturated rings. The fourth-order valence-electron chi connectivity index (χ4n) is 4.92. The van der Waals surface area contributed by atoms with Crippen LogP contribution >= 0.6 is 0 Å². The first kappa shape index (κ1) is 21.5. The molecule has 1 heterocycles. The number of carbonyl (C=O) groups excluding carboxylic acids is 1. The van der Waals surface area contributed by atoms with Crippen molar-refractivity contribution in [2.45, 2.75) is 78.7 Å². The Morgan fingerprint density at radius 2 is 1.93 bits per heavy atom. The molecule has 4 heteroatoms. The van der Waals surface area contributed by atoms with E-state index < -0.39 is 0 Å². The highest BCUT2D eigenvalue weighted by atomic mass is 16.5. The standard InChI is InChI=1S/C25H36N2O2/c1-5-6-12-21-24(20-13-14-22(29-4)17(2)15-20)23(25(26)28)18(3)27(21)16-19-10-8-7-9-11-19/h13-15,19H,5-12,16H2,1-4H3,(H2,26,28). The molecule has 1 aromatic carbocycles. The van der Waals surface area contributed by atoms with E-state index in [2.05, 4.69) is 30.5 Å². The van der Waals surface area contributed by atoms with Crippen molar-refractivity contribution in [2.75, 3.05) is 7.11 Å². The van der Waals surface area contributed by atoms with Gasteiger partial charge in [0.15, 0.2) is 0 Å². The first-order chi connectivity index (χ1) is 14.0. The first-order valence-electron chi connectivity index (χ1n) is 11.1. The summed E-state index contributed by atoms with van der Waals surface area (Å²) < 4.78 is 7.86. The van der Waals surface area contributed by atoms with Gasteiger partial charge in [0.1, 0.15) is 5.75 Å². The van der Waals surface area contributed by atoms with Gasteiger partial charge >= 0.3 is 0 Å². The van der Waals surface area contributed by atoms with Crippen LogP contribution in [0, 0.1) is 19.8 Å². The molecular weight excluding hydrogens is 360 g/mol. The smallest absolute Gasteiger partial charge is 0.251 e. The van der Waals surface area contributed by atoms with Crippen LogP contribution < -0.4 is 10.5 Å². The van der Waals surface area contributed by atoms with Crippen LogP contribution in [-0.2, 0) is 13.0 Å². The lowest BCUT2D eigenvalue weighted by Gasteiger charge is -2.24. The molecule has 1 aliphatic carbocycles. The molecule has 0 unspecified atom stereocenters. The van der Waals surface area contributed by atoms with Crippen LogP contribution in [-0.4, -0.2) is 17.6 Å². The molecule has 3 rings (SSSR count). The Kier molecular flexibility index (Phi) is 7.05. The summed E-state index contributed by atoms with van der Waals surface area (Å²) in [5, 5.41) is 0. The normalized spacial score (nSPS) is 14.9. The van der Waals surface area contributed by atoms with E-state index in [0.717, 1.165) is 53.9 Å². The third kappa shape index (κ3) is 4.52. The second kappa shape index (κ2) is 9.51. The fraction of sp³-hybridized carbons (Fsp3) is 0.560. The monoisotopic (exact) mass is 396 g/mol. The lowest BCUT2D eigenvalue weighted by molar-refractivity contribution is 0.1000. The highest BCUT2D eigenvalue weighted by Gasteiger charge is 2.26. The van der Waals surface area contributed by atoms with Gasteiger partial charge < -0.3 is 15.0 Å². The molecule has 0 atom stereocenters. The number of rotatable bonds is 8. The van der Waals surface area contributed by atoms with E-state index in [1.54, 1.807) is 7.11 Å². The number of unbranched alkanes of at least 4 members (excludes halogenated alkanes) is 1. The van der Waals surface area contributed by atoms with Gasteiger partial charge in [0.05, 0.1) is 12.7 Å². The van der Waals surface area contributed by atoms with Crippen molar-refractivity contribution in [1.82, 2.24) is 4.57 Å². The van der Waals surface area contributed by atoms with Crippen LogP contribution in [0.5, 0.6) is 5.75 Å². The average molecular weight is 397 g/mol. The van der Waals surface area contributed by atoms with Crippen molar-refractivity contribution in [3.05, 3.63) is 40.7 Å². The second-order valence-corrected chi connectivity index (χ2v) is 8.55. The molecule has 4 nitrogen and oxygen atoms in total. The van der Waals surface area contributed by atoms with E-state index in [-0.39, 0.29) is 5.91 Å². The Hall–Kier alpha value is -2.23. The molecule has 0 bridgehead atoms. The van der Waals surface area contributed by atoms with Crippen molar-refractivity contribution < 1.29 is 9.53 Å². The maximum Gasteiger partial charge on any atom is 0.251 e. The maximum absolute atomic E-state index is 12.5. The van der Waals surface area contributed by atoms with Gasteiger partial charge in [-0.3, -0.25) is 4.79 Å². The lowest BCUT2D eigenvalue weighted by Crippen LogP contribution is -2.18. The number of nitrogens with zero attached hydrogens (tertiary/aromatic N) is 1. The number of nitrogens with two attached hydrogens (primary N) is 1. The third-order valence-electron chi connectivity index (χ3n) is 6.49. The second-order valence-electron chi connectivity index (χ2n) is 8.55. The minimum Gasteiger partial charge on any atom is -0.496 e. The van der Waals surface area contributed by atoms with Gasteiger partial charge in [-0.1, -0.05) is 38.7 Å². The lowest BCUT2D eigenvalue weighted by atomic mass is 9.89. The predicted molar refractivity (Wildman–Crippen MR) is 120 cm³/mol. The molecule has 0 saturated heterocycles. The molecule has 1 aliphatic rings. The number of methoxy groups -OCH3 is 1. The molecule has 1 saturated carbocycles. The molecule has 0 spiro atoms. The van der Waals surface area contributed by atoms with Crippen LogP contribution in [0.2, 0.25) is 0 Å². The SMILES string of the molecule is CCCCc1c(-c2ccc(OC)c(C)c2)c(C(N)=O)c(C)n1CC1CCCCC1. The topological polar surface area (TPSA) is 57.2 Å². The molecule has 1 amide bonds. The zero-order valence-corrected chi connectivity index (χ0v) is 18.5. The minimum absolute atomic E-state index is 0.328. The van der Waals surface area contributed by atoms with Crippen LogP contribution in [0.25, 0.3) is 11.1 Å². The van der Waals surface area contributed by atoms with Gasteiger partial charge in [-0.05, 0) is 68.7 Å². The van der Waals surface area contributed by atoms with E-state index in [0.29, 0.717) is 11.5 Å². The first-order valence-corrected chi connectivity index (χ1v) is 11.1. The zero-order chi connectivity index (χ0) is 21.0. The Morgan fingerprint density at radius 1 is 1.21 bits per heavy atom. The number of aryl methyl sites for hydroxylation is 1. The molecule has 158 valence electrons. The maximum atomic E-state index is 12.5. The average Bonchev–Trinajstić information content (AvgIpc) is 2.99. The molecule has 2 aromatic rings. The summed E-state index contributed by atoms with van der Waals surface area (Å²) in [7, 11) is 1.69. The number of benzene rings is 1. The van der Waals surface area contributed by atoms with E-state index in [9.17, 15) is 4.79 Å². The summed E-state index contributed by atoms with van der Waals surface area (Å²) in [6.07, 6.45) is 9.77. The Bertz CT molecular complexity index is 860. The Balaban J connectivity index is 2.14. The van der Waals surface area contributed by atoms with Crippen molar-refractivity contribution in [1.29, 1.82) is 0 Å².